The molecule has 2 fully saturated rings. The molecule has 2 aromatic rings. The van der Waals surface area contributed by atoms with E-state index in [0.29, 0.717) is 12.6 Å². The topological polar surface area (TPSA) is 59.2 Å². The minimum absolute atomic E-state index is 0. The fraction of sp³-hybridized carbons (Fsp3) is 0.560. The van der Waals surface area contributed by atoms with Gasteiger partial charge in [0.15, 0.2) is 5.96 Å². The Labute approximate surface area is 208 Å². The molecular weight excluding hydrogens is 517 g/mol. The van der Waals surface area contributed by atoms with Crippen molar-refractivity contribution in [2.45, 2.75) is 57.3 Å². The highest BCUT2D eigenvalue weighted by Gasteiger charge is 2.24. The Morgan fingerprint density at radius 3 is 2.62 bits per heavy atom. The molecule has 7 heteroatoms. The number of furan rings is 1. The second kappa shape index (κ2) is 13.9. The number of nitrogens with zero attached hydrogens (tertiary/aromatic N) is 2. The number of halogens is 1. The van der Waals surface area contributed by atoms with Crippen molar-refractivity contribution in [2.24, 2.45) is 4.99 Å². The Morgan fingerprint density at radius 1 is 1.06 bits per heavy atom. The van der Waals surface area contributed by atoms with E-state index in [4.69, 9.17) is 18.9 Å². The van der Waals surface area contributed by atoms with Gasteiger partial charge in [-0.15, -0.1) is 24.0 Å². The number of hydrogen-bond acceptors (Lipinski definition) is 4. The maximum Gasteiger partial charge on any atom is 0.194 e. The summed E-state index contributed by atoms with van der Waals surface area (Å²) in [5.74, 6) is 1.97. The molecule has 2 aliphatic heterocycles. The molecule has 2 saturated heterocycles. The first kappa shape index (κ1) is 25.1. The third-order valence-electron chi connectivity index (χ3n) is 6.02. The fourth-order valence-corrected chi connectivity index (χ4v) is 4.19. The molecule has 176 valence electrons. The number of aliphatic imine (C=N–C) groups is 1. The Kier molecular flexibility index (Phi) is 10.8. The van der Waals surface area contributed by atoms with Crippen LogP contribution in [0.25, 0.3) is 0 Å². The van der Waals surface area contributed by atoms with Gasteiger partial charge in [0.05, 0.1) is 31.6 Å². The smallest absolute Gasteiger partial charge is 0.194 e. The van der Waals surface area contributed by atoms with Gasteiger partial charge in [0, 0.05) is 32.7 Å². The standard InChI is InChI=1S/C25H35N3O3.HI/c1-2-7-21(8-3-1)19-27-25(26-14-11-22-10-6-18-29-22)28-15-12-23(13-16-28)31-20-24-9-4-5-17-30-24;/h1-3,6-8,10,18,23-24H,4-5,9,11-17,19-20H2,(H,26,27);1H. The van der Waals surface area contributed by atoms with Crippen molar-refractivity contribution in [2.75, 3.05) is 32.8 Å². The van der Waals surface area contributed by atoms with Crippen LogP contribution < -0.4 is 5.32 Å². The summed E-state index contributed by atoms with van der Waals surface area (Å²) >= 11 is 0. The van der Waals surface area contributed by atoms with Crippen LogP contribution in [0.5, 0.6) is 0 Å². The molecule has 1 atom stereocenters. The molecule has 1 aromatic heterocycles. The number of likely N-dealkylation sites (tertiary alicyclic amines) is 1. The lowest BCUT2D eigenvalue weighted by atomic mass is 10.1. The summed E-state index contributed by atoms with van der Waals surface area (Å²) in [5, 5.41) is 3.55. The van der Waals surface area contributed by atoms with E-state index in [1.54, 1.807) is 6.26 Å². The summed E-state index contributed by atoms with van der Waals surface area (Å²) in [6.45, 7) is 5.02. The average molecular weight is 553 g/mol. The molecule has 0 radical (unpaired) electrons. The van der Waals surface area contributed by atoms with Gasteiger partial charge in [0.1, 0.15) is 5.76 Å². The van der Waals surface area contributed by atoms with E-state index in [0.717, 1.165) is 70.3 Å². The van der Waals surface area contributed by atoms with E-state index >= 15 is 0 Å². The summed E-state index contributed by atoms with van der Waals surface area (Å²) in [6.07, 6.45) is 8.81. The maximum absolute atomic E-state index is 6.19. The van der Waals surface area contributed by atoms with Crippen molar-refractivity contribution in [3.8, 4) is 0 Å². The maximum atomic E-state index is 6.19. The second-order valence-corrected chi connectivity index (χ2v) is 8.39. The average Bonchev–Trinajstić information content (AvgIpc) is 3.35. The summed E-state index contributed by atoms with van der Waals surface area (Å²) in [7, 11) is 0. The number of ether oxygens (including phenoxy) is 2. The molecule has 3 heterocycles. The molecule has 6 nitrogen and oxygen atoms in total. The highest BCUT2D eigenvalue weighted by atomic mass is 127. The number of nitrogens with one attached hydrogen (secondary N) is 1. The first-order valence-electron chi connectivity index (χ1n) is 11.7. The molecule has 1 aromatic carbocycles. The van der Waals surface area contributed by atoms with Crippen LogP contribution >= 0.6 is 24.0 Å². The Bertz CT molecular complexity index is 771. The van der Waals surface area contributed by atoms with Gasteiger partial charge >= 0.3 is 0 Å². The van der Waals surface area contributed by atoms with Crippen LogP contribution in [0.15, 0.2) is 58.1 Å². The van der Waals surface area contributed by atoms with E-state index in [9.17, 15) is 0 Å². The van der Waals surface area contributed by atoms with Gasteiger partial charge in [-0.3, -0.25) is 0 Å². The van der Waals surface area contributed by atoms with Crippen molar-refractivity contribution in [3.63, 3.8) is 0 Å². The van der Waals surface area contributed by atoms with Gasteiger partial charge in [0.2, 0.25) is 0 Å². The van der Waals surface area contributed by atoms with Crippen molar-refractivity contribution < 1.29 is 13.9 Å². The largest absolute Gasteiger partial charge is 0.469 e. The van der Waals surface area contributed by atoms with Crippen LogP contribution in [-0.2, 0) is 22.4 Å². The van der Waals surface area contributed by atoms with Crippen molar-refractivity contribution in [3.05, 3.63) is 60.1 Å². The monoisotopic (exact) mass is 553 g/mol. The van der Waals surface area contributed by atoms with E-state index in [-0.39, 0.29) is 30.1 Å². The zero-order valence-corrected chi connectivity index (χ0v) is 21.1. The predicted molar refractivity (Wildman–Crippen MR) is 138 cm³/mol. The molecule has 32 heavy (non-hydrogen) atoms. The molecular formula is C25H36IN3O3. The van der Waals surface area contributed by atoms with Crippen LogP contribution in [0.3, 0.4) is 0 Å². The second-order valence-electron chi connectivity index (χ2n) is 8.39. The van der Waals surface area contributed by atoms with Gasteiger partial charge in [-0.25, -0.2) is 4.99 Å². The SMILES string of the molecule is I.c1ccc(CN=C(NCCc2ccco2)N2CCC(OCC3CCCCO3)CC2)cc1. The molecule has 0 aliphatic carbocycles. The van der Waals surface area contributed by atoms with Gasteiger partial charge < -0.3 is 24.1 Å². The van der Waals surface area contributed by atoms with Crippen LogP contribution in [0.1, 0.15) is 43.4 Å². The van der Waals surface area contributed by atoms with Crippen LogP contribution in [0.2, 0.25) is 0 Å². The quantitative estimate of drug-likeness (QED) is 0.294. The molecule has 4 rings (SSSR count). The summed E-state index contributed by atoms with van der Waals surface area (Å²) in [6, 6.07) is 14.4. The third-order valence-corrected chi connectivity index (χ3v) is 6.02. The number of rotatable bonds is 8. The lowest BCUT2D eigenvalue weighted by Gasteiger charge is -2.35. The zero-order valence-electron chi connectivity index (χ0n) is 18.8. The molecule has 1 N–H and O–H groups in total. The molecule has 0 saturated carbocycles. The summed E-state index contributed by atoms with van der Waals surface area (Å²) in [4.78, 5) is 7.28. The zero-order chi connectivity index (χ0) is 21.1. The van der Waals surface area contributed by atoms with Gasteiger partial charge in [-0.1, -0.05) is 30.3 Å². The van der Waals surface area contributed by atoms with Gasteiger partial charge in [0.25, 0.3) is 0 Å². The molecule has 1 unspecified atom stereocenters. The minimum Gasteiger partial charge on any atom is -0.469 e. The van der Waals surface area contributed by atoms with Crippen LogP contribution in [-0.4, -0.2) is 55.9 Å². The minimum atomic E-state index is 0. The summed E-state index contributed by atoms with van der Waals surface area (Å²) in [5.41, 5.74) is 1.22. The van der Waals surface area contributed by atoms with E-state index in [1.165, 1.54) is 18.4 Å². The van der Waals surface area contributed by atoms with Gasteiger partial charge in [-0.2, -0.15) is 0 Å². The van der Waals surface area contributed by atoms with E-state index in [1.807, 2.05) is 18.2 Å². The van der Waals surface area contributed by atoms with Crippen LogP contribution in [0.4, 0.5) is 0 Å². The predicted octanol–water partition coefficient (Wildman–Crippen LogP) is 4.64. The first-order valence-corrected chi connectivity index (χ1v) is 11.7. The molecule has 0 bridgehead atoms. The Hall–Kier alpha value is -1.58. The lowest BCUT2D eigenvalue weighted by molar-refractivity contribution is -0.0721. The van der Waals surface area contributed by atoms with E-state index in [2.05, 4.69) is 34.5 Å². The number of guanidine groups is 1. The third kappa shape index (κ3) is 8.08. The number of hydrogen-bond donors (Lipinski definition) is 1. The Morgan fingerprint density at radius 2 is 1.91 bits per heavy atom. The molecule has 2 aliphatic rings. The number of piperidine rings is 1. The van der Waals surface area contributed by atoms with Crippen molar-refractivity contribution >= 4 is 29.9 Å². The normalized spacial score (nSPS) is 20.1. The fourth-order valence-electron chi connectivity index (χ4n) is 4.19. The first-order chi connectivity index (χ1) is 15.4. The Balaban J connectivity index is 0.00000289. The van der Waals surface area contributed by atoms with Crippen LogP contribution in [0, 0.1) is 0 Å². The van der Waals surface area contributed by atoms with Gasteiger partial charge in [-0.05, 0) is 49.8 Å². The molecule has 0 amide bonds. The van der Waals surface area contributed by atoms with Crippen molar-refractivity contribution in [1.82, 2.24) is 10.2 Å². The highest BCUT2D eigenvalue weighted by Crippen LogP contribution is 2.18. The van der Waals surface area contributed by atoms with Crippen molar-refractivity contribution in [1.29, 1.82) is 0 Å². The molecule has 0 spiro atoms. The van der Waals surface area contributed by atoms with E-state index < -0.39 is 0 Å². The highest BCUT2D eigenvalue weighted by molar-refractivity contribution is 14.0. The summed E-state index contributed by atoms with van der Waals surface area (Å²) < 4.78 is 17.5. The lowest BCUT2D eigenvalue weighted by Crippen LogP contribution is -2.47. The number of benzene rings is 1.